The Labute approximate surface area is 214 Å². The summed E-state index contributed by atoms with van der Waals surface area (Å²) in [7, 11) is 0. The van der Waals surface area contributed by atoms with Gasteiger partial charge in [0.1, 0.15) is 23.2 Å². The molecule has 0 aliphatic carbocycles. The van der Waals surface area contributed by atoms with Crippen LogP contribution in [0, 0.1) is 29.2 Å². The molecular weight excluding hydrogens is 484 g/mol. The van der Waals surface area contributed by atoms with Crippen LogP contribution in [0.15, 0.2) is 36.7 Å². The van der Waals surface area contributed by atoms with E-state index in [0.29, 0.717) is 5.95 Å². The number of aromatic nitrogens is 2. The van der Waals surface area contributed by atoms with Gasteiger partial charge in [-0.15, -0.1) is 0 Å². The van der Waals surface area contributed by atoms with Crippen molar-refractivity contribution in [3.63, 3.8) is 0 Å². The maximum Gasteiger partial charge on any atom is 0.225 e. The molecule has 0 bridgehead atoms. The van der Waals surface area contributed by atoms with Crippen molar-refractivity contribution in [1.29, 1.82) is 0 Å². The molecule has 1 fully saturated rings. The molecule has 0 unspecified atom stereocenters. The van der Waals surface area contributed by atoms with Crippen LogP contribution in [0.1, 0.15) is 44.7 Å². The molecule has 1 N–H and O–H groups in total. The minimum Gasteiger partial charge on any atom is -0.487 e. The fourth-order valence-corrected chi connectivity index (χ4v) is 4.20. The molecule has 0 spiro atoms. The third-order valence-corrected chi connectivity index (χ3v) is 6.43. The number of hydrogen-bond acceptors (Lipinski definition) is 4. The molecule has 1 aliphatic rings. The van der Waals surface area contributed by atoms with Crippen LogP contribution in [0.4, 0.5) is 23.5 Å². The number of halogens is 4. The van der Waals surface area contributed by atoms with Crippen molar-refractivity contribution in [3.05, 3.63) is 71.1 Å². The molecule has 3 aromatic rings. The van der Waals surface area contributed by atoms with E-state index in [-0.39, 0.29) is 35.3 Å². The van der Waals surface area contributed by atoms with Gasteiger partial charge >= 0.3 is 0 Å². The molecular formula is C28H31F4N4O+. The van der Waals surface area contributed by atoms with E-state index in [9.17, 15) is 17.6 Å². The third-order valence-electron chi connectivity index (χ3n) is 6.43. The average Bonchev–Trinajstić information content (AvgIpc) is 2.88. The number of nitrogens with zero attached hydrogens (tertiary/aromatic N) is 3. The van der Waals surface area contributed by atoms with Crippen LogP contribution in [0.5, 0.6) is 5.75 Å². The van der Waals surface area contributed by atoms with Gasteiger partial charge in [-0.25, -0.2) is 32.5 Å². The standard InChI is InChI=1S/C28H30F4N4O/c1-4-18-13-34-28(35-14-18)36-7-5-19(6-8-36)16-37-27-25(31)11-21(12-26(27)32)20-9-23(29)22(24(30)10-20)15-33-17(2)3/h9-15,17,19H,4-8,16H2,1-3H3/p+1. The van der Waals surface area contributed by atoms with Crippen molar-refractivity contribution in [2.45, 2.75) is 46.1 Å². The SMILES string of the molecule is CCc1cnc(N2CCC(COc3c(F)cc(-c4cc(F)c(C=[NH+]C(C)C)c(F)c4)cc3F)CC2)nc1. The number of benzene rings is 2. The van der Waals surface area contributed by atoms with Gasteiger partial charge in [0.25, 0.3) is 0 Å². The molecule has 0 saturated carbocycles. The minimum atomic E-state index is -0.922. The predicted molar refractivity (Wildman–Crippen MR) is 135 cm³/mol. The van der Waals surface area contributed by atoms with Gasteiger partial charge in [-0.2, -0.15) is 0 Å². The number of ether oxygens (including phenoxy) is 1. The number of anilines is 1. The Bertz CT molecular complexity index is 1210. The van der Waals surface area contributed by atoms with Gasteiger partial charge in [0, 0.05) is 25.5 Å². The number of piperidine rings is 1. The van der Waals surface area contributed by atoms with Crippen molar-refractivity contribution in [2.75, 3.05) is 24.6 Å². The monoisotopic (exact) mass is 515 g/mol. The Kier molecular flexibility index (Phi) is 8.41. The number of nitrogens with one attached hydrogen (secondary N) is 1. The van der Waals surface area contributed by atoms with E-state index in [0.717, 1.165) is 62.2 Å². The van der Waals surface area contributed by atoms with E-state index in [4.69, 9.17) is 4.74 Å². The molecule has 4 rings (SSSR count). The normalized spacial score (nSPS) is 14.6. The lowest BCUT2D eigenvalue weighted by atomic mass is 9.98. The van der Waals surface area contributed by atoms with Crippen LogP contribution in [-0.2, 0) is 6.42 Å². The molecule has 2 heterocycles. The first-order valence-electron chi connectivity index (χ1n) is 12.5. The summed E-state index contributed by atoms with van der Waals surface area (Å²) in [6.07, 6.45) is 7.32. The van der Waals surface area contributed by atoms with Crippen molar-refractivity contribution >= 4 is 12.2 Å². The smallest absolute Gasteiger partial charge is 0.225 e. The predicted octanol–water partition coefficient (Wildman–Crippen LogP) is 4.47. The minimum absolute atomic E-state index is 0.00581. The largest absolute Gasteiger partial charge is 0.487 e. The molecule has 1 aliphatic heterocycles. The molecule has 2 aromatic carbocycles. The van der Waals surface area contributed by atoms with E-state index in [1.165, 1.54) is 6.21 Å². The van der Waals surface area contributed by atoms with Gasteiger partial charge in [0.05, 0.1) is 6.61 Å². The molecule has 0 atom stereocenters. The van der Waals surface area contributed by atoms with E-state index in [1.54, 1.807) is 0 Å². The maximum absolute atomic E-state index is 14.8. The molecule has 0 amide bonds. The van der Waals surface area contributed by atoms with Crippen LogP contribution in [0.3, 0.4) is 0 Å². The van der Waals surface area contributed by atoms with Crippen molar-refractivity contribution < 1.29 is 27.3 Å². The van der Waals surface area contributed by atoms with Crippen LogP contribution >= 0.6 is 0 Å². The van der Waals surface area contributed by atoms with Gasteiger partial charge < -0.3 is 9.64 Å². The second kappa shape index (κ2) is 11.7. The summed E-state index contributed by atoms with van der Waals surface area (Å²) in [5, 5.41) is 0. The second-order valence-corrected chi connectivity index (χ2v) is 9.57. The lowest BCUT2D eigenvalue weighted by Gasteiger charge is -2.31. The lowest BCUT2D eigenvalue weighted by molar-refractivity contribution is -0.487. The summed E-state index contributed by atoms with van der Waals surface area (Å²) < 4.78 is 64.1. The summed E-state index contributed by atoms with van der Waals surface area (Å²) in [5.74, 6) is -3.19. The molecule has 37 heavy (non-hydrogen) atoms. The van der Waals surface area contributed by atoms with Crippen LogP contribution in [0.25, 0.3) is 11.1 Å². The van der Waals surface area contributed by atoms with Crippen LogP contribution < -0.4 is 14.6 Å². The maximum atomic E-state index is 14.8. The van der Waals surface area contributed by atoms with E-state index in [2.05, 4.69) is 19.9 Å². The fourth-order valence-electron chi connectivity index (χ4n) is 4.20. The summed E-state index contributed by atoms with van der Waals surface area (Å²) in [6, 6.07) is 4.16. The highest BCUT2D eigenvalue weighted by molar-refractivity contribution is 5.78. The zero-order valence-corrected chi connectivity index (χ0v) is 21.2. The van der Waals surface area contributed by atoms with E-state index in [1.807, 2.05) is 33.2 Å². The average molecular weight is 516 g/mol. The van der Waals surface area contributed by atoms with E-state index < -0.39 is 29.0 Å². The Hall–Kier alpha value is -3.49. The highest BCUT2D eigenvalue weighted by atomic mass is 19.1. The molecule has 5 nitrogen and oxygen atoms in total. The molecule has 0 radical (unpaired) electrons. The molecule has 9 heteroatoms. The zero-order chi connectivity index (χ0) is 26.5. The molecule has 1 saturated heterocycles. The highest BCUT2D eigenvalue weighted by Crippen LogP contribution is 2.31. The number of aryl methyl sites for hydroxylation is 1. The Morgan fingerprint density at radius 2 is 1.49 bits per heavy atom. The number of hydrogen-bond donors (Lipinski definition) is 1. The lowest BCUT2D eigenvalue weighted by Crippen LogP contribution is -2.74. The van der Waals surface area contributed by atoms with Crippen LogP contribution in [-0.4, -0.2) is 41.9 Å². The Balaban J connectivity index is 1.39. The van der Waals surface area contributed by atoms with Gasteiger partial charge in [0.2, 0.25) is 5.95 Å². The van der Waals surface area contributed by atoms with Crippen LogP contribution in [0.2, 0.25) is 0 Å². The van der Waals surface area contributed by atoms with Gasteiger partial charge in [-0.3, -0.25) is 0 Å². The second-order valence-electron chi connectivity index (χ2n) is 9.57. The zero-order valence-electron chi connectivity index (χ0n) is 21.2. The first-order chi connectivity index (χ1) is 17.7. The Morgan fingerprint density at radius 1 is 0.946 bits per heavy atom. The number of rotatable bonds is 8. The topological polar surface area (TPSA) is 52.2 Å². The van der Waals surface area contributed by atoms with Gasteiger partial charge in [-0.1, -0.05) is 6.92 Å². The first-order valence-corrected chi connectivity index (χ1v) is 12.5. The molecule has 196 valence electrons. The van der Waals surface area contributed by atoms with E-state index >= 15 is 0 Å². The van der Waals surface area contributed by atoms with Crippen molar-refractivity contribution in [1.82, 2.24) is 9.97 Å². The summed E-state index contributed by atoms with van der Waals surface area (Å²) in [6.45, 7) is 7.32. The molecule has 1 aromatic heterocycles. The summed E-state index contributed by atoms with van der Waals surface area (Å²) >= 11 is 0. The third kappa shape index (κ3) is 6.45. The van der Waals surface area contributed by atoms with Crippen molar-refractivity contribution in [3.8, 4) is 16.9 Å². The van der Waals surface area contributed by atoms with Gasteiger partial charge in [0.15, 0.2) is 23.6 Å². The quantitative estimate of drug-likeness (QED) is 0.356. The summed E-state index contributed by atoms with van der Waals surface area (Å²) in [5.41, 5.74) is 0.884. The summed E-state index contributed by atoms with van der Waals surface area (Å²) in [4.78, 5) is 13.7. The van der Waals surface area contributed by atoms with Crippen molar-refractivity contribution in [2.24, 2.45) is 5.92 Å². The van der Waals surface area contributed by atoms with Gasteiger partial charge in [-0.05, 0) is 80.0 Å². The highest BCUT2D eigenvalue weighted by Gasteiger charge is 2.23. The fraction of sp³-hybridized carbons (Fsp3) is 0.393. The Morgan fingerprint density at radius 3 is 2.00 bits per heavy atom. The first kappa shape index (κ1) is 26.6.